The van der Waals surface area contributed by atoms with Crippen molar-refractivity contribution in [2.45, 2.75) is 39.0 Å². The van der Waals surface area contributed by atoms with Crippen LogP contribution in [0.5, 0.6) is 0 Å². The normalized spacial score (nSPS) is 18.1. The van der Waals surface area contributed by atoms with E-state index >= 15 is 0 Å². The van der Waals surface area contributed by atoms with Crippen LogP contribution in [-0.2, 0) is 6.42 Å². The fourth-order valence-electron chi connectivity index (χ4n) is 2.45. The zero-order chi connectivity index (χ0) is 12.3. The predicted molar refractivity (Wildman–Crippen MR) is 68.1 cm³/mol. The van der Waals surface area contributed by atoms with Gasteiger partial charge >= 0.3 is 5.97 Å². The molecular formula is C14H19NO2. The molecule has 3 heteroatoms. The van der Waals surface area contributed by atoms with Crippen LogP contribution in [0.1, 0.15) is 54.2 Å². The summed E-state index contributed by atoms with van der Waals surface area (Å²) in [5, 5.41) is 9.00. The fraction of sp³-hybridized carbons (Fsp3) is 0.500. The molecule has 1 aromatic rings. The van der Waals surface area contributed by atoms with E-state index in [0.29, 0.717) is 11.6 Å². The van der Waals surface area contributed by atoms with E-state index in [1.807, 2.05) is 12.3 Å². The molecule has 0 fully saturated rings. The Morgan fingerprint density at radius 2 is 2.35 bits per heavy atom. The summed E-state index contributed by atoms with van der Waals surface area (Å²) >= 11 is 0. The lowest BCUT2D eigenvalue weighted by Crippen LogP contribution is -2.07. The van der Waals surface area contributed by atoms with Gasteiger partial charge in [0, 0.05) is 11.8 Å². The third-order valence-corrected chi connectivity index (χ3v) is 3.42. The van der Waals surface area contributed by atoms with E-state index in [0.717, 1.165) is 17.5 Å². The molecule has 1 heterocycles. The van der Waals surface area contributed by atoms with Crippen molar-refractivity contribution in [2.75, 3.05) is 0 Å². The molecular weight excluding hydrogens is 214 g/mol. The van der Waals surface area contributed by atoms with Crippen LogP contribution in [0.2, 0.25) is 0 Å². The maximum Gasteiger partial charge on any atom is 0.352 e. The zero-order valence-corrected chi connectivity index (χ0v) is 10.2. The van der Waals surface area contributed by atoms with E-state index < -0.39 is 5.97 Å². The fourth-order valence-corrected chi connectivity index (χ4v) is 2.45. The largest absolute Gasteiger partial charge is 0.477 e. The summed E-state index contributed by atoms with van der Waals surface area (Å²) in [6.45, 7) is 2.21. The van der Waals surface area contributed by atoms with E-state index in [2.05, 4.69) is 18.0 Å². The van der Waals surface area contributed by atoms with E-state index in [9.17, 15) is 4.79 Å². The number of rotatable bonds is 5. The van der Waals surface area contributed by atoms with Crippen molar-refractivity contribution in [1.82, 2.24) is 4.98 Å². The molecule has 0 saturated heterocycles. The van der Waals surface area contributed by atoms with Crippen LogP contribution in [0.15, 0.2) is 12.3 Å². The summed E-state index contributed by atoms with van der Waals surface area (Å²) in [5.41, 5.74) is 2.33. The van der Waals surface area contributed by atoms with Crippen molar-refractivity contribution in [3.63, 3.8) is 0 Å². The highest BCUT2D eigenvalue weighted by Gasteiger charge is 2.20. The Morgan fingerprint density at radius 3 is 3.06 bits per heavy atom. The molecule has 0 radical (unpaired) electrons. The van der Waals surface area contributed by atoms with Gasteiger partial charge in [-0.1, -0.05) is 38.3 Å². The summed E-state index contributed by atoms with van der Waals surface area (Å²) in [6, 6.07) is 0. The number of aromatic amines is 1. The first kappa shape index (κ1) is 12.0. The van der Waals surface area contributed by atoms with Crippen molar-refractivity contribution >= 4 is 12.0 Å². The number of hydrogen-bond acceptors (Lipinski definition) is 1. The minimum Gasteiger partial charge on any atom is -0.477 e. The standard InChI is InChI=1S/C14H19NO2/c1-2-3-4-5-10-6-7-12-11(8-10)9-15-13(12)14(16)17/h6-7,9-10,15H,2-5,8H2,1H3,(H,16,17). The number of H-pyrrole nitrogens is 1. The van der Waals surface area contributed by atoms with Gasteiger partial charge in [-0.3, -0.25) is 0 Å². The van der Waals surface area contributed by atoms with E-state index in [1.165, 1.54) is 25.7 Å². The number of nitrogens with one attached hydrogen (secondary N) is 1. The Kier molecular flexibility index (Phi) is 3.67. The summed E-state index contributed by atoms with van der Waals surface area (Å²) in [4.78, 5) is 13.8. The van der Waals surface area contributed by atoms with Gasteiger partial charge in [0.05, 0.1) is 0 Å². The zero-order valence-electron chi connectivity index (χ0n) is 10.2. The Balaban J connectivity index is 2.03. The third kappa shape index (κ3) is 2.60. The summed E-state index contributed by atoms with van der Waals surface area (Å²) in [5.74, 6) is -0.299. The number of carbonyl (C=O) groups is 1. The third-order valence-electron chi connectivity index (χ3n) is 3.42. The van der Waals surface area contributed by atoms with Gasteiger partial charge in [-0.05, 0) is 24.3 Å². The van der Waals surface area contributed by atoms with Gasteiger partial charge in [-0.2, -0.15) is 0 Å². The van der Waals surface area contributed by atoms with E-state index in [-0.39, 0.29) is 0 Å². The number of carboxylic acid groups (broad SMARTS) is 1. The average Bonchev–Trinajstić information content (AvgIpc) is 2.72. The molecule has 0 bridgehead atoms. The maximum atomic E-state index is 11.0. The van der Waals surface area contributed by atoms with Crippen molar-refractivity contribution < 1.29 is 9.90 Å². The molecule has 92 valence electrons. The van der Waals surface area contributed by atoms with Gasteiger partial charge in [-0.25, -0.2) is 4.79 Å². The van der Waals surface area contributed by atoms with Crippen LogP contribution < -0.4 is 0 Å². The van der Waals surface area contributed by atoms with Gasteiger partial charge in [0.1, 0.15) is 5.69 Å². The Morgan fingerprint density at radius 1 is 1.53 bits per heavy atom. The highest BCUT2D eigenvalue weighted by Crippen LogP contribution is 2.28. The lowest BCUT2D eigenvalue weighted by Gasteiger charge is -2.16. The van der Waals surface area contributed by atoms with Gasteiger partial charge in [-0.15, -0.1) is 0 Å². The Hall–Kier alpha value is -1.51. The van der Waals surface area contributed by atoms with Crippen LogP contribution in [0.3, 0.4) is 0 Å². The first-order chi connectivity index (χ1) is 8.22. The molecule has 1 unspecified atom stereocenters. The topological polar surface area (TPSA) is 53.1 Å². The molecule has 0 spiro atoms. The van der Waals surface area contributed by atoms with E-state index in [1.54, 1.807) is 0 Å². The number of carboxylic acids is 1. The second-order valence-electron chi connectivity index (χ2n) is 4.73. The van der Waals surface area contributed by atoms with Crippen LogP contribution in [0.25, 0.3) is 6.08 Å². The van der Waals surface area contributed by atoms with E-state index in [4.69, 9.17) is 5.11 Å². The number of aromatic carboxylic acids is 1. The monoisotopic (exact) mass is 233 g/mol. The van der Waals surface area contributed by atoms with Crippen LogP contribution in [0, 0.1) is 5.92 Å². The lowest BCUT2D eigenvalue weighted by molar-refractivity contribution is 0.0691. The van der Waals surface area contributed by atoms with Crippen molar-refractivity contribution in [2.24, 2.45) is 5.92 Å². The molecule has 2 N–H and O–H groups in total. The quantitative estimate of drug-likeness (QED) is 0.765. The molecule has 3 nitrogen and oxygen atoms in total. The van der Waals surface area contributed by atoms with Crippen molar-refractivity contribution in [3.05, 3.63) is 29.1 Å². The van der Waals surface area contributed by atoms with Crippen LogP contribution in [-0.4, -0.2) is 16.1 Å². The molecule has 0 aliphatic heterocycles. The van der Waals surface area contributed by atoms with Gasteiger partial charge in [0.2, 0.25) is 0 Å². The Labute approximate surface area is 102 Å². The highest BCUT2D eigenvalue weighted by atomic mass is 16.4. The number of allylic oxidation sites excluding steroid dienone is 1. The molecule has 0 amide bonds. The number of hydrogen-bond donors (Lipinski definition) is 2. The predicted octanol–water partition coefficient (Wildman–Crippen LogP) is 3.48. The highest BCUT2D eigenvalue weighted by molar-refractivity contribution is 5.91. The second-order valence-corrected chi connectivity index (χ2v) is 4.73. The number of fused-ring (bicyclic) bond motifs is 1. The number of aromatic nitrogens is 1. The summed E-state index contributed by atoms with van der Waals surface area (Å²) in [7, 11) is 0. The summed E-state index contributed by atoms with van der Waals surface area (Å²) < 4.78 is 0. The molecule has 2 rings (SSSR count). The average molecular weight is 233 g/mol. The maximum absolute atomic E-state index is 11.0. The van der Waals surface area contributed by atoms with Gasteiger partial charge < -0.3 is 10.1 Å². The molecule has 1 atom stereocenters. The minimum atomic E-state index is -0.875. The second kappa shape index (κ2) is 5.21. The minimum absolute atomic E-state index is 0.322. The molecule has 17 heavy (non-hydrogen) atoms. The molecule has 1 aliphatic rings. The van der Waals surface area contributed by atoms with Gasteiger partial charge in [0.25, 0.3) is 0 Å². The molecule has 1 aliphatic carbocycles. The first-order valence-electron chi connectivity index (χ1n) is 6.34. The molecule has 0 saturated carbocycles. The SMILES string of the molecule is CCCCCC1C=Cc2c(c[nH]c2C(=O)O)C1. The first-order valence-corrected chi connectivity index (χ1v) is 6.34. The number of unbranched alkanes of at least 4 members (excludes halogenated alkanes) is 2. The Bertz CT molecular complexity index is 431. The van der Waals surface area contributed by atoms with Crippen LogP contribution >= 0.6 is 0 Å². The van der Waals surface area contributed by atoms with Gasteiger partial charge in [0.15, 0.2) is 0 Å². The van der Waals surface area contributed by atoms with Crippen molar-refractivity contribution in [1.29, 1.82) is 0 Å². The van der Waals surface area contributed by atoms with Crippen molar-refractivity contribution in [3.8, 4) is 0 Å². The molecule has 1 aromatic heterocycles. The van der Waals surface area contributed by atoms with Crippen LogP contribution in [0.4, 0.5) is 0 Å². The summed E-state index contributed by atoms with van der Waals surface area (Å²) in [6.07, 6.45) is 11.9. The molecule has 0 aromatic carbocycles. The lowest BCUT2D eigenvalue weighted by atomic mass is 9.88. The smallest absolute Gasteiger partial charge is 0.352 e.